The predicted octanol–water partition coefficient (Wildman–Crippen LogP) is 3.62. The number of benzene rings is 2. The number of hydrogen-bond donors (Lipinski definition) is 0. The highest BCUT2D eigenvalue weighted by Gasteiger charge is 2.19. The van der Waals surface area contributed by atoms with Crippen LogP contribution in [-0.4, -0.2) is 77.4 Å². The minimum Gasteiger partial charge on any atom is -0.495 e. The fourth-order valence-corrected chi connectivity index (χ4v) is 3.73. The van der Waals surface area contributed by atoms with Gasteiger partial charge in [0.15, 0.2) is 11.5 Å². The lowest BCUT2D eigenvalue weighted by Gasteiger charge is -2.36. The standard InChI is InChI=1S/C23H32ClN3O3/c1-25(2)13-14-30-21-8-5-18(15-23(21)29-4)17-26-9-11-27(12-10-26)19-6-7-20(24)22(16-19)28-3/h5-8,15-16H,9-14,17H2,1-4H3. The molecule has 3 rings (SSSR count). The molecule has 1 fully saturated rings. The average Bonchev–Trinajstić information content (AvgIpc) is 2.75. The van der Waals surface area contributed by atoms with E-state index in [1.165, 1.54) is 5.56 Å². The van der Waals surface area contributed by atoms with Gasteiger partial charge in [0.2, 0.25) is 0 Å². The number of piperazine rings is 1. The Morgan fingerprint density at radius 3 is 2.30 bits per heavy atom. The van der Waals surface area contributed by atoms with E-state index in [9.17, 15) is 0 Å². The number of hydrogen-bond acceptors (Lipinski definition) is 6. The molecule has 0 amide bonds. The number of halogens is 1. The predicted molar refractivity (Wildman–Crippen MR) is 123 cm³/mol. The first-order valence-electron chi connectivity index (χ1n) is 10.3. The van der Waals surface area contributed by atoms with Gasteiger partial charge < -0.3 is 24.0 Å². The summed E-state index contributed by atoms with van der Waals surface area (Å²) in [6.45, 7) is 6.32. The van der Waals surface area contributed by atoms with Crippen molar-refractivity contribution in [3.63, 3.8) is 0 Å². The van der Waals surface area contributed by atoms with Crippen molar-refractivity contribution in [3.8, 4) is 17.2 Å². The summed E-state index contributed by atoms with van der Waals surface area (Å²) < 4.78 is 16.8. The summed E-state index contributed by atoms with van der Waals surface area (Å²) >= 11 is 6.15. The quantitative estimate of drug-likeness (QED) is 0.601. The molecule has 0 bridgehead atoms. The SMILES string of the molecule is COc1cc(N2CCN(Cc3ccc(OCCN(C)C)c(OC)c3)CC2)ccc1Cl. The molecule has 2 aromatic carbocycles. The Morgan fingerprint density at radius 1 is 0.900 bits per heavy atom. The largest absolute Gasteiger partial charge is 0.495 e. The fourth-order valence-electron chi connectivity index (χ4n) is 3.54. The smallest absolute Gasteiger partial charge is 0.161 e. The van der Waals surface area contributed by atoms with Crippen LogP contribution in [0, 0.1) is 0 Å². The molecule has 0 aromatic heterocycles. The first-order chi connectivity index (χ1) is 14.5. The highest BCUT2D eigenvalue weighted by molar-refractivity contribution is 6.32. The Morgan fingerprint density at radius 2 is 1.63 bits per heavy atom. The van der Waals surface area contributed by atoms with Crippen LogP contribution < -0.4 is 19.1 Å². The molecular formula is C23H32ClN3O3. The van der Waals surface area contributed by atoms with E-state index in [1.807, 2.05) is 32.3 Å². The van der Waals surface area contributed by atoms with E-state index >= 15 is 0 Å². The van der Waals surface area contributed by atoms with E-state index in [0.29, 0.717) is 11.6 Å². The van der Waals surface area contributed by atoms with Crippen LogP contribution in [0.1, 0.15) is 5.56 Å². The maximum Gasteiger partial charge on any atom is 0.161 e. The van der Waals surface area contributed by atoms with Gasteiger partial charge in [0, 0.05) is 51.0 Å². The molecule has 0 atom stereocenters. The van der Waals surface area contributed by atoms with Gasteiger partial charge in [0.05, 0.1) is 19.2 Å². The maximum absolute atomic E-state index is 6.15. The Hall–Kier alpha value is -2.15. The summed E-state index contributed by atoms with van der Waals surface area (Å²) in [6.07, 6.45) is 0. The zero-order valence-corrected chi connectivity index (χ0v) is 19.1. The third kappa shape index (κ3) is 5.94. The van der Waals surface area contributed by atoms with Crippen molar-refractivity contribution in [1.29, 1.82) is 0 Å². The van der Waals surface area contributed by atoms with Gasteiger partial charge in [-0.2, -0.15) is 0 Å². The van der Waals surface area contributed by atoms with Crippen molar-refractivity contribution in [2.45, 2.75) is 6.54 Å². The van der Waals surface area contributed by atoms with Crippen LogP contribution in [0.3, 0.4) is 0 Å². The van der Waals surface area contributed by atoms with Crippen LogP contribution in [0.4, 0.5) is 5.69 Å². The highest BCUT2D eigenvalue weighted by atomic mass is 35.5. The van der Waals surface area contributed by atoms with Crippen LogP contribution in [0.15, 0.2) is 36.4 Å². The number of anilines is 1. The summed E-state index contributed by atoms with van der Waals surface area (Å²) in [4.78, 5) is 6.93. The van der Waals surface area contributed by atoms with Crippen LogP contribution in [-0.2, 0) is 6.54 Å². The Labute approximate surface area is 184 Å². The molecule has 1 aliphatic heterocycles. The summed E-state index contributed by atoms with van der Waals surface area (Å²) in [7, 11) is 7.41. The molecule has 0 spiro atoms. The zero-order valence-electron chi connectivity index (χ0n) is 18.4. The van der Waals surface area contributed by atoms with Gasteiger partial charge in [-0.3, -0.25) is 4.90 Å². The molecule has 164 valence electrons. The van der Waals surface area contributed by atoms with Gasteiger partial charge >= 0.3 is 0 Å². The third-order valence-corrected chi connectivity index (χ3v) is 5.61. The van der Waals surface area contributed by atoms with Gasteiger partial charge in [-0.15, -0.1) is 0 Å². The van der Waals surface area contributed by atoms with E-state index in [2.05, 4.69) is 32.9 Å². The molecule has 1 saturated heterocycles. The van der Waals surface area contributed by atoms with Crippen LogP contribution >= 0.6 is 11.6 Å². The molecule has 0 saturated carbocycles. The van der Waals surface area contributed by atoms with Crippen molar-refractivity contribution >= 4 is 17.3 Å². The number of ether oxygens (including phenoxy) is 3. The molecule has 30 heavy (non-hydrogen) atoms. The molecule has 0 unspecified atom stereocenters. The lowest BCUT2D eigenvalue weighted by atomic mass is 10.1. The molecular weight excluding hydrogens is 402 g/mol. The van der Waals surface area contributed by atoms with Crippen LogP contribution in [0.2, 0.25) is 5.02 Å². The van der Waals surface area contributed by atoms with Crippen molar-refractivity contribution in [1.82, 2.24) is 9.80 Å². The van der Waals surface area contributed by atoms with Crippen molar-refractivity contribution in [3.05, 3.63) is 47.0 Å². The lowest BCUT2D eigenvalue weighted by Crippen LogP contribution is -2.45. The van der Waals surface area contributed by atoms with Crippen molar-refractivity contribution in [2.24, 2.45) is 0 Å². The summed E-state index contributed by atoms with van der Waals surface area (Å²) in [5, 5.41) is 0.642. The lowest BCUT2D eigenvalue weighted by molar-refractivity contribution is 0.245. The second kappa shape index (κ2) is 10.8. The van der Waals surface area contributed by atoms with E-state index < -0.39 is 0 Å². The molecule has 2 aromatic rings. The normalized spacial score (nSPS) is 14.8. The monoisotopic (exact) mass is 433 g/mol. The minimum atomic E-state index is 0.639. The van der Waals surface area contributed by atoms with Crippen molar-refractivity contribution < 1.29 is 14.2 Å². The summed E-state index contributed by atoms with van der Waals surface area (Å²) in [5.41, 5.74) is 2.38. The average molecular weight is 434 g/mol. The van der Waals surface area contributed by atoms with Gasteiger partial charge in [-0.05, 0) is 43.9 Å². The second-order valence-corrected chi connectivity index (χ2v) is 8.13. The fraction of sp³-hybridized carbons (Fsp3) is 0.478. The zero-order chi connectivity index (χ0) is 21.5. The topological polar surface area (TPSA) is 37.4 Å². The summed E-state index contributed by atoms with van der Waals surface area (Å²) in [5.74, 6) is 2.30. The van der Waals surface area contributed by atoms with E-state index in [0.717, 1.165) is 62.2 Å². The molecule has 0 N–H and O–H groups in total. The number of rotatable bonds is 9. The van der Waals surface area contributed by atoms with Crippen molar-refractivity contribution in [2.75, 3.05) is 72.5 Å². The molecule has 1 aliphatic rings. The first kappa shape index (κ1) is 22.5. The van der Waals surface area contributed by atoms with Gasteiger partial charge in [-0.1, -0.05) is 17.7 Å². The first-order valence-corrected chi connectivity index (χ1v) is 10.6. The van der Waals surface area contributed by atoms with E-state index in [1.54, 1.807) is 14.2 Å². The Kier molecular flexibility index (Phi) is 8.08. The second-order valence-electron chi connectivity index (χ2n) is 7.72. The van der Waals surface area contributed by atoms with E-state index in [-0.39, 0.29) is 0 Å². The number of methoxy groups -OCH3 is 2. The minimum absolute atomic E-state index is 0.639. The molecule has 0 aliphatic carbocycles. The maximum atomic E-state index is 6.15. The van der Waals surface area contributed by atoms with Crippen LogP contribution in [0.25, 0.3) is 0 Å². The van der Waals surface area contributed by atoms with Gasteiger partial charge in [0.1, 0.15) is 12.4 Å². The highest BCUT2D eigenvalue weighted by Crippen LogP contribution is 2.31. The molecule has 1 heterocycles. The third-order valence-electron chi connectivity index (χ3n) is 5.30. The number of nitrogens with zero attached hydrogens (tertiary/aromatic N) is 3. The Balaban J connectivity index is 1.55. The van der Waals surface area contributed by atoms with Gasteiger partial charge in [0.25, 0.3) is 0 Å². The number of likely N-dealkylation sites (N-methyl/N-ethyl adjacent to an activating group) is 1. The van der Waals surface area contributed by atoms with E-state index in [4.69, 9.17) is 25.8 Å². The molecule has 7 heteroatoms. The molecule has 0 radical (unpaired) electrons. The Bertz CT molecular complexity index is 823. The van der Waals surface area contributed by atoms with Gasteiger partial charge in [-0.25, -0.2) is 0 Å². The summed E-state index contributed by atoms with van der Waals surface area (Å²) in [6, 6.07) is 12.2. The van der Waals surface area contributed by atoms with Crippen LogP contribution in [0.5, 0.6) is 17.2 Å². The molecule has 6 nitrogen and oxygen atoms in total.